The quantitative estimate of drug-likeness (QED) is 0.803. The van der Waals surface area contributed by atoms with Crippen molar-refractivity contribution in [2.45, 2.75) is 20.3 Å². The lowest BCUT2D eigenvalue weighted by Gasteiger charge is -2.02. The first-order valence-electron chi connectivity index (χ1n) is 5.35. The van der Waals surface area contributed by atoms with Gasteiger partial charge in [0.2, 0.25) is 5.88 Å². The van der Waals surface area contributed by atoms with Crippen LogP contribution in [0.1, 0.15) is 18.2 Å². The molecule has 2 aromatic heterocycles. The molecular weight excluding hydrogens is 220 g/mol. The summed E-state index contributed by atoms with van der Waals surface area (Å²) in [4.78, 5) is 18.2. The molecule has 2 N–H and O–H groups in total. The van der Waals surface area contributed by atoms with Crippen LogP contribution < -0.4 is 5.56 Å². The Hall–Kier alpha value is -2.11. The first-order chi connectivity index (χ1) is 8.02. The Kier molecular flexibility index (Phi) is 2.71. The second-order valence-corrected chi connectivity index (χ2v) is 3.88. The van der Waals surface area contributed by atoms with Gasteiger partial charge in [0, 0.05) is 13.2 Å². The predicted octanol–water partition coefficient (Wildman–Crippen LogP) is 0.747. The lowest BCUT2D eigenvalue weighted by atomic mass is 10.2. The molecule has 2 heterocycles. The van der Waals surface area contributed by atoms with Crippen molar-refractivity contribution in [2.24, 2.45) is 7.05 Å². The fourth-order valence-corrected chi connectivity index (χ4v) is 1.64. The Morgan fingerprint density at radius 3 is 2.82 bits per heavy atom. The van der Waals surface area contributed by atoms with Crippen molar-refractivity contribution in [3.05, 3.63) is 27.8 Å². The van der Waals surface area contributed by atoms with E-state index in [4.69, 9.17) is 0 Å². The topological polar surface area (TPSA) is 83.8 Å². The second-order valence-electron chi connectivity index (χ2n) is 3.88. The van der Waals surface area contributed by atoms with Crippen LogP contribution in [0.4, 0.5) is 0 Å². The predicted molar refractivity (Wildman–Crippen MR) is 62.8 cm³/mol. The summed E-state index contributed by atoms with van der Waals surface area (Å²) in [6, 6.07) is 0. The second kappa shape index (κ2) is 4.04. The number of nitrogens with one attached hydrogen (secondary N) is 1. The molecule has 0 saturated carbocycles. The average Bonchev–Trinajstić information content (AvgIpc) is 2.66. The van der Waals surface area contributed by atoms with E-state index in [1.807, 2.05) is 6.92 Å². The van der Waals surface area contributed by atoms with Crippen molar-refractivity contribution in [3.8, 4) is 17.3 Å². The van der Waals surface area contributed by atoms with Crippen molar-refractivity contribution in [2.75, 3.05) is 0 Å². The molecule has 0 spiro atoms. The summed E-state index contributed by atoms with van der Waals surface area (Å²) in [6.07, 6.45) is 2.50. The van der Waals surface area contributed by atoms with E-state index in [1.54, 1.807) is 17.9 Å². The average molecular weight is 234 g/mol. The number of aromatic nitrogens is 4. The molecule has 0 aliphatic carbocycles. The van der Waals surface area contributed by atoms with Crippen LogP contribution in [0, 0.1) is 6.92 Å². The largest absolute Gasteiger partial charge is 0.493 e. The first kappa shape index (κ1) is 11.4. The van der Waals surface area contributed by atoms with Gasteiger partial charge in [-0.05, 0) is 13.3 Å². The molecule has 0 fully saturated rings. The zero-order valence-electron chi connectivity index (χ0n) is 9.98. The number of aryl methyl sites for hydroxylation is 2. The third-order valence-electron chi connectivity index (χ3n) is 2.62. The molecule has 2 aromatic rings. The van der Waals surface area contributed by atoms with Gasteiger partial charge >= 0.3 is 0 Å². The van der Waals surface area contributed by atoms with Gasteiger partial charge in [0.25, 0.3) is 5.56 Å². The molecule has 0 aliphatic heterocycles. The molecule has 0 atom stereocenters. The van der Waals surface area contributed by atoms with E-state index in [-0.39, 0.29) is 17.0 Å². The molecule has 2 rings (SSSR count). The Morgan fingerprint density at radius 1 is 1.53 bits per heavy atom. The van der Waals surface area contributed by atoms with E-state index in [0.29, 0.717) is 5.82 Å². The molecule has 6 nitrogen and oxygen atoms in total. The zero-order valence-corrected chi connectivity index (χ0v) is 9.98. The summed E-state index contributed by atoms with van der Waals surface area (Å²) in [5.74, 6) is 0.109. The highest BCUT2D eigenvalue weighted by atomic mass is 16.3. The number of H-pyrrole nitrogens is 1. The van der Waals surface area contributed by atoms with E-state index >= 15 is 0 Å². The smallest absolute Gasteiger partial charge is 0.257 e. The van der Waals surface area contributed by atoms with Crippen LogP contribution in [-0.2, 0) is 13.5 Å². The van der Waals surface area contributed by atoms with Gasteiger partial charge in [0.05, 0.1) is 16.8 Å². The Morgan fingerprint density at radius 2 is 2.24 bits per heavy atom. The Labute approximate surface area is 98.0 Å². The first-order valence-corrected chi connectivity index (χ1v) is 5.35. The summed E-state index contributed by atoms with van der Waals surface area (Å²) >= 11 is 0. The fraction of sp³-hybridized carbons (Fsp3) is 0.364. The summed E-state index contributed by atoms with van der Waals surface area (Å²) in [5, 5.41) is 13.8. The molecule has 6 heteroatoms. The van der Waals surface area contributed by atoms with Gasteiger partial charge in [-0.25, -0.2) is 0 Å². The van der Waals surface area contributed by atoms with E-state index in [0.717, 1.165) is 17.7 Å². The van der Waals surface area contributed by atoms with E-state index in [1.165, 1.54) is 6.92 Å². The molecule has 17 heavy (non-hydrogen) atoms. The molecule has 0 aromatic carbocycles. The molecule has 0 aliphatic rings. The third-order valence-corrected chi connectivity index (χ3v) is 2.62. The molecule has 90 valence electrons. The van der Waals surface area contributed by atoms with Gasteiger partial charge in [0.15, 0.2) is 0 Å². The highest BCUT2D eigenvalue weighted by Crippen LogP contribution is 2.20. The fourth-order valence-electron chi connectivity index (χ4n) is 1.64. The van der Waals surface area contributed by atoms with Crippen LogP contribution in [-0.4, -0.2) is 24.9 Å². The number of hydrogen-bond donors (Lipinski definition) is 2. The van der Waals surface area contributed by atoms with Crippen LogP contribution in [0.3, 0.4) is 0 Å². The summed E-state index contributed by atoms with van der Waals surface area (Å²) in [7, 11) is 1.80. The van der Waals surface area contributed by atoms with E-state index < -0.39 is 0 Å². The lowest BCUT2D eigenvalue weighted by Crippen LogP contribution is -2.12. The number of nitrogens with zero attached hydrogens (tertiary/aromatic N) is 3. The minimum Gasteiger partial charge on any atom is -0.493 e. The Bertz CT molecular complexity index is 612. The van der Waals surface area contributed by atoms with E-state index in [2.05, 4.69) is 15.1 Å². The highest BCUT2D eigenvalue weighted by molar-refractivity contribution is 5.57. The molecule has 0 bridgehead atoms. The minimum atomic E-state index is -0.335. The third kappa shape index (κ3) is 1.93. The lowest BCUT2D eigenvalue weighted by molar-refractivity contribution is 0.447. The van der Waals surface area contributed by atoms with Crippen molar-refractivity contribution in [3.63, 3.8) is 0 Å². The van der Waals surface area contributed by atoms with Crippen molar-refractivity contribution in [1.29, 1.82) is 0 Å². The van der Waals surface area contributed by atoms with E-state index in [9.17, 15) is 9.90 Å². The van der Waals surface area contributed by atoms with Crippen LogP contribution >= 0.6 is 0 Å². The van der Waals surface area contributed by atoms with Crippen LogP contribution in [0.25, 0.3) is 11.4 Å². The molecule has 0 unspecified atom stereocenters. The standard InChI is InChI=1S/C11H14N4O2/c1-4-8-7(5-15(3)14-8)9-12-10(16)6(2)11(17)13-9/h5H,4H2,1-3H3,(H2,12,13,16,17). The van der Waals surface area contributed by atoms with Crippen LogP contribution in [0.5, 0.6) is 5.88 Å². The number of aromatic amines is 1. The monoisotopic (exact) mass is 234 g/mol. The zero-order chi connectivity index (χ0) is 12.6. The minimum absolute atomic E-state index is 0.218. The summed E-state index contributed by atoms with van der Waals surface area (Å²) in [6.45, 7) is 3.49. The molecule has 0 saturated heterocycles. The number of aromatic hydroxyl groups is 1. The van der Waals surface area contributed by atoms with Gasteiger partial charge in [-0.1, -0.05) is 6.92 Å². The van der Waals surface area contributed by atoms with Crippen molar-refractivity contribution < 1.29 is 5.11 Å². The maximum absolute atomic E-state index is 11.6. The van der Waals surface area contributed by atoms with Gasteiger partial charge < -0.3 is 10.1 Å². The van der Waals surface area contributed by atoms with Gasteiger partial charge in [-0.3, -0.25) is 9.48 Å². The molecular formula is C11H14N4O2. The summed E-state index contributed by atoms with van der Waals surface area (Å²) < 4.78 is 1.66. The van der Waals surface area contributed by atoms with Gasteiger partial charge in [-0.2, -0.15) is 10.1 Å². The number of hydrogen-bond acceptors (Lipinski definition) is 4. The Balaban J connectivity index is 2.64. The maximum Gasteiger partial charge on any atom is 0.257 e. The van der Waals surface area contributed by atoms with Crippen LogP contribution in [0.15, 0.2) is 11.0 Å². The van der Waals surface area contributed by atoms with Gasteiger partial charge in [0.1, 0.15) is 5.82 Å². The number of rotatable bonds is 2. The van der Waals surface area contributed by atoms with Crippen molar-refractivity contribution in [1.82, 2.24) is 19.7 Å². The van der Waals surface area contributed by atoms with Gasteiger partial charge in [-0.15, -0.1) is 0 Å². The summed E-state index contributed by atoms with van der Waals surface area (Å²) in [5.41, 5.74) is 1.45. The maximum atomic E-state index is 11.6. The SMILES string of the molecule is CCc1nn(C)cc1-c1nc(O)c(C)c(=O)[nH]1. The molecule has 0 amide bonds. The normalized spacial score (nSPS) is 10.8. The van der Waals surface area contributed by atoms with Crippen molar-refractivity contribution >= 4 is 0 Å². The van der Waals surface area contributed by atoms with Crippen LogP contribution in [0.2, 0.25) is 0 Å². The molecule has 0 radical (unpaired) electrons. The highest BCUT2D eigenvalue weighted by Gasteiger charge is 2.13.